The number of carbonyl (C=O) groups is 1. The van der Waals surface area contributed by atoms with Crippen LogP contribution in [0.5, 0.6) is 5.75 Å². The quantitative estimate of drug-likeness (QED) is 0.857. The molecule has 0 heterocycles. The summed E-state index contributed by atoms with van der Waals surface area (Å²) in [5.74, 6) is 0.329. The second-order valence-electron chi connectivity index (χ2n) is 5.30. The summed E-state index contributed by atoms with van der Waals surface area (Å²) in [7, 11) is 0. The molecule has 1 fully saturated rings. The summed E-state index contributed by atoms with van der Waals surface area (Å²) in [6.45, 7) is 3.92. The van der Waals surface area contributed by atoms with Gasteiger partial charge in [0.2, 0.25) is 5.91 Å². The van der Waals surface area contributed by atoms with Crippen molar-refractivity contribution < 1.29 is 9.90 Å². The first kappa shape index (κ1) is 12.9. The summed E-state index contributed by atoms with van der Waals surface area (Å²) in [4.78, 5) is 12.4. The predicted molar refractivity (Wildman–Crippen MR) is 72.7 cm³/mol. The van der Waals surface area contributed by atoms with Crippen LogP contribution in [0.15, 0.2) is 18.2 Å². The Kier molecular flexibility index (Phi) is 3.60. The molecule has 0 bridgehead atoms. The van der Waals surface area contributed by atoms with Crippen molar-refractivity contribution in [2.75, 3.05) is 5.32 Å². The van der Waals surface area contributed by atoms with Gasteiger partial charge in [-0.1, -0.05) is 25.8 Å². The first-order valence-electron chi connectivity index (χ1n) is 6.68. The van der Waals surface area contributed by atoms with E-state index in [4.69, 9.17) is 0 Å². The normalized spacial score (nSPS) is 17.7. The van der Waals surface area contributed by atoms with E-state index in [1.54, 1.807) is 6.07 Å². The van der Waals surface area contributed by atoms with Gasteiger partial charge in [0.25, 0.3) is 0 Å². The fraction of sp³-hybridized carbons (Fsp3) is 0.533. The molecule has 1 saturated carbocycles. The summed E-state index contributed by atoms with van der Waals surface area (Å²) in [5.41, 5.74) is 1.31. The van der Waals surface area contributed by atoms with Crippen molar-refractivity contribution >= 4 is 11.6 Å². The standard InChI is InChI=1S/C15H21NO2/c1-3-15(8-4-5-9-15)14(18)16-12-7-6-11(2)13(17)10-12/h6-7,10,17H,3-5,8-9H2,1-2H3,(H,16,18). The Balaban J connectivity index is 2.13. The number of aryl methyl sites for hydroxylation is 1. The van der Waals surface area contributed by atoms with Crippen LogP contribution in [-0.4, -0.2) is 11.0 Å². The summed E-state index contributed by atoms with van der Waals surface area (Å²) in [6.07, 6.45) is 5.12. The van der Waals surface area contributed by atoms with E-state index in [9.17, 15) is 9.90 Å². The van der Waals surface area contributed by atoms with Crippen LogP contribution in [0.4, 0.5) is 5.69 Å². The third-order valence-corrected chi connectivity index (χ3v) is 4.19. The van der Waals surface area contributed by atoms with E-state index < -0.39 is 0 Å². The first-order valence-corrected chi connectivity index (χ1v) is 6.68. The number of benzene rings is 1. The number of phenols is 1. The summed E-state index contributed by atoms with van der Waals surface area (Å²) in [5, 5.41) is 12.6. The Morgan fingerprint density at radius 3 is 2.61 bits per heavy atom. The van der Waals surface area contributed by atoms with Crippen molar-refractivity contribution in [1.82, 2.24) is 0 Å². The SMILES string of the molecule is CCC1(C(=O)Nc2ccc(C)c(O)c2)CCCC1. The summed E-state index contributed by atoms with van der Waals surface area (Å²) < 4.78 is 0. The van der Waals surface area contributed by atoms with Crippen LogP contribution in [0.2, 0.25) is 0 Å². The molecule has 0 aromatic heterocycles. The number of hydrogen-bond acceptors (Lipinski definition) is 2. The predicted octanol–water partition coefficient (Wildman–Crippen LogP) is 3.61. The van der Waals surface area contributed by atoms with E-state index in [0.717, 1.165) is 37.7 Å². The van der Waals surface area contributed by atoms with Crippen molar-refractivity contribution in [2.24, 2.45) is 5.41 Å². The molecule has 1 aliphatic rings. The maximum Gasteiger partial charge on any atom is 0.230 e. The lowest BCUT2D eigenvalue weighted by Crippen LogP contribution is -2.33. The Hall–Kier alpha value is -1.51. The fourth-order valence-corrected chi connectivity index (χ4v) is 2.74. The molecule has 0 aliphatic heterocycles. The molecular weight excluding hydrogens is 226 g/mol. The molecule has 2 N–H and O–H groups in total. The number of anilines is 1. The van der Waals surface area contributed by atoms with Gasteiger partial charge in [0.15, 0.2) is 0 Å². The molecule has 98 valence electrons. The molecule has 3 nitrogen and oxygen atoms in total. The van der Waals surface area contributed by atoms with E-state index in [1.807, 2.05) is 19.1 Å². The van der Waals surface area contributed by atoms with Crippen LogP contribution in [0.1, 0.15) is 44.6 Å². The highest BCUT2D eigenvalue weighted by molar-refractivity contribution is 5.95. The van der Waals surface area contributed by atoms with Crippen molar-refractivity contribution in [3.05, 3.63) is 23.8 Å². The van der Waals surface area contributed by atoms with Gasteiger partial charge in [0.05, 0.1) is 0 Å². The van der Waals surface area contributed by atoms with Gasteiger partial charge in [-0.3, -0.25) is 4.79 Å². The van der Waals surface area contributed by atoms with Gasteiger partial charge in [0.1, 0.15) is 5.75 Å². The minimum Gasteiger partial charge on any atom is -0.508 e. The van der Waals surface area contributed by atoms with Gasteiger partial charge in [-0.05, 0) is 37.8 Å². The largest absolute Gasteiger partial charge is 0.508 e. The molecule has 1 aromatic carbocycles. The maximum absolute atomic E-state index is 12.4. The van der Waals surface area contributed by atoms with Gasteiger partial charge in [-0.25, -0.2) is 0 Å². The molecule has 0 saturated heterocycles. The molecule has 0 radical (unpaired) electrons. The van der Waals surface area contributed by atoms with E-state index in [2.05, 4.69) is 12.2 Å². The lowest BCUT2D eigenvalue weighted by atomic mass is 9.82. The van der Waals surface area contributed by atoms with Crippen molar-refractivity contribution in [1.29, 1.82) is 0 Å². The zero-order chi connectivity index (χ0) is 13.2. The van der Waals surface area contributed by atoms with E-state index >= 15 is 0 Å². The number of aromatic hydroxyl groups is 1. The van der Waals surface area contributed by atoms with Crippen LogP contribution < -0.4 is 5.32 Å². The number of amides is 1. The zero-order valence-electron chi connectivity index (χ0n) is 11.1. The second-order valence-corrected chi connectivity index (χ2v) is 5.30. The number of phenolic OH excluding ortho intramolecular Hbond substituents is 1. The molecule has 0 spiro atoms. The Labute approximate surface area is 108 Å². The highest BCUT2D eigenvalue weighted by Crippen LogP contribution is 2.42. The first-order chi connectivity index (χ1) is 8.57. The monoisotopic (exact) mass is 247 g/mol. The van der Waals surface area contributed by atoms with Gasteiger partial charge in [-0.2, -0.15) is 0 Å². The number of rotatable bonds is 3. The molecule has 1 amide bonds. The van der Waals surface area contributed by atoms with Crippen molar-refractivity contribution in [3.8, 4) is 5.75 Å². The molecular formula is C15H21NO2. The van der Waals surface area contributed by atoms with Gasteiger partial charge < -0.3 is 10.4 Å². The fourth-order valence-electron chi connectivity index (χ4n) is 2.74. The van der Waals surface area contributed by atoms with Crippen LogP contribution in [-0.2, 0) is 4.79 Å². The summed E-state index contributed by atoms with van der Waals surface area (Å²) in [6, 6.07) is 5.27. The topological polar surface area (TPSA) is 49.3 Å². The Morgan fingerprint density at radius 2 is 2.06 bits per heavy atom. The maximum atomic E-state index is 12.4. The van der Waals surface area contributed by atoms with Crippen LogP contribution in [0, 0.1) is 12.3 Å². The minimum atomic E-state index is -0.194. The number of carbonyl (C=O) groups excluding carboxylic acids is 1. The molecule has 2 rings (SSSR count). The molecule has 1 aromatic rings. The van der Waals surface area contributed by atoms with Crippen LogP contribution >= 0.6 is 0 Å². The number of nitrogens with one attached hydrogen (secondary N) is 1. The van der Waals surface area contributed by atoms with E-state index in [0.29, 0.717) is 5.69 Å². The minimum absolute atomic E-state index is 0.103. The molecule has 0 atom stereocenters. The molecule has 0 unspecified atom stereocenters. The third-order valence-electron chi connectivity index (χ3n) is 4.19. The van der Waals surface area contributed by atoms with E-state index in [-0.39, 0.29) is 17.1 Å². The van der Waals surface area contributed by atoms with Crippen LogP contribution in [0.25, 0.3) is 0 Å². The molecule has 3 heteroatoms. The van der Waals surface area contributed by atoms with Crippen LogP contribution in [0.3, 0.4) is 0 Å². The highest BCUT2D eigenvalue weighted by Gasteiger charge is 2.39. The lowest BCUT2D eigenvalue weighted by molar-refractivity contribution is -0.125. The smallest absolute Gasteiger partial charge is 0.230 e. The average Bonchev–Trinajstić information content (AvgIpc) is 2.84. The second kappa shape index (κ2) is 5.01. The zero-order valence-corrected chi connectivity index (χ0v) is 11.1. The molecule has 1 aliphatic carbocycles. The van der Waals surface area contributed by atoms with Gasteiger partial charge in [-0.15, -0.1) is 0 Å². The van der Waals surface area contributed by atoms with E-state index in [1.165, 1.54) is 0 Å². The van der Waals surface area contributed by atoms with Gasteiger partial charge in [0, 0.05) is 17.2 Å². The Bertz CT molecular complexity index is 448. The van der Waals surface area contributed by atoms with Gasteiger partial charge >= 0.3 is 0 Å². The number of hydrogen-bond donors (Lipinski definition) is 2. The lowest BCUT2D eigenvalue weighted by Gasteiger charge is -2.26. The third kappa shape index (κ3) is 2.35. The van der Waals surface area contributed by atoms with Crippen molar-refractivity contribution in [2.45, 2.75) is 46.0 Å². The summed E-state index contributed by atoms with van der Waals surface area (Å²) >= 11 is 0. The average molecular weight is 247 g/mol. The van der Waals surface area contributed by atoms with Crippen molar-refractivity contribution in [3.63, 3.8) is 0 Å². The molecule has 18 heavy (non-hydrogen) atoms. The Morgan fingerprint density at radius 1 is 1.39 bits per heavy atom. The highest BCUT2D eigenvalue weighted by atomic mass is 16.3.